The first kappa shape index (κ1) is 26.7. The predicted octanol–water partition coefficient (Wildman–Crippen LogP) is 6.17. The number of aliphatic hydroxyl groups excluding tert-OH is 1. The van der Waals surface area contributed by atoms with Gasteiger partial charge in [-0.1, -0.05) is 23.7 Å². The predicted molar refractivity (Wildman–Crippen MR) is 126 cm³/mol. The molecular formula is C26H28ClF4NO4. The Morgan fingerprint density at radius 2 is 1.78 bits per heavy atom. The maximum Gasteiger partial charge on any atom is 0.416 e. The molecule has 0 unspecified atom stereocenters. The molecule has 0 saturated carbocycles. The number of halogens is 5. The molecule has 1 saturated heterocycles. The highest BCUT2D eigenvalue weighted by Crippen LogP contribution is 2.44. The summed E-state index contributed by atoms with van der Waals surface area (Å²) in [7, 11) is 0. The fourth-order valence-electron chi connectivity index (χ4n) is 5.09. The van der Waals surface area contributed by atoms with Gasteiger partial charge in [0, 0.05) is 29.7 Å². The Labute approximate surface area is 211 Å². The van der Waals surface area contributed by atoms with Crippen LogP contribution in [-0.2, 0) is 17.4 Å². The average molecular weight is 530 g/mol. The number of aryl methyl sites for hydroxylation is 1. The van der Waals surface area contributed by atoms with Crippen LogP contribution in [-0.4, -0.2) is 39.8 Å². The van der Waals surface area contributed by atoms with Crippen LogP contribution in [0.3, 0.4) is 0 Å². The number of alkyl halides is 3. The van der Waals surface area contributed by atoms with Crippen LogP contribution < -0.4 is 4.74 Å². The van der Waals surface area contributed by atoms with Crippen LogP contribution in [0.15, 0.2) is 30.3 Å². The molecule has 1 fully saturated rings. The summed E-state index contributed by atoms with van der Waals surface area (Å²) in [6.07, 6.45) is -3.70. The second-order valence-corrected chi connectivity index (χ2v) is 10.2. The fourth-order valence-corrected chi connectivity index (χ4v) is 5.36. The molecule has 0 aliphatic carbocycles. The summed E-state index contributed by atoms with van der Waals surface area (Å²) in [6, 6.07) is 6.03. The monoisotopic (exact) mass is 529 g/mol. The van der Waals surface area contributed by atoms with E-state index in [1.54, 1.807) is 6.07 Å². The van der Waals surface area contributed by atoms with E-state index in [0.717, 1.165) is 12.1 Å². The van der Waals surface area contributed by atoms with Crippen molar-refractivity contribution < 1.29 is 37.3 Å². The van der Waals surface area contributed by atoms with E-state index in [0.29, 0.717) is 49.9 Å². The number of likely N-dealkylation sites (tertiary alicyclic amines) is 1. The lowest BCUT2D eigenvalue weighted by Crippen LogP contribution is -2.50. The summed E-state index contributed by atoms with van der Waals surface area (Å²) < 4.78 is 61.2. The Kier molecular flexibility index (Phi) is 7.29. The quantitative estimate of drug-likeness (QED) is 0.453. The normalized spacial score (nSPS) is 20.3. The van der Waals surface area contributed by atoms with Gasteiger partial charge in [0.05, 0.1) is 17.6 Å². The number of nitrogens with zero attached hydrogens (tertiary/aromatic N) is 1. The summed E-state index contributed by atoms with van der Waals surface area (Å²) in [6.45, 7) is 4.15. The number of fused-ring (bicyclic) bond motifs is 1. The summed E-state index contributed by atoms with van der Waals surface area (Å²) in [5.74, 6) is -3.14. The lowest BCUT2D eigenvalue weighted by atomic mass is 9.82. The summed E-state index contributed by atoms with van der Waals surface area (Å²) >= 11 is 6.24. The molecule has 2 heterocycles. The number of piperidine rings is 1. The molecule has 0 aromatic heterocycles. The maximum atomic E-state index is 15.4. The van der Waals surface area contributed by atoms with Gasteiger partial charge in [0.15, 0.2) is 11.6 Å². The minimum Gasteiger partial charge on any atom is -0.484 e. The van der Waals surface area contributed by atoms with Gasteiger partial charge in [-0.25, -0.2) is 4.39 Å². The smallest absolute Gasteiger partial charge is 0.416 e. The molecule has 3 atom stereocenters. The van der Waals surface area contributed by atoms with Crippen molar-refractivity contribution in [1.82, 2.24) is 4.90 Å². The van der Waals surface area contributed by atoms with Gasteiger partial charge in [0.2, 0.25) is 0 Å². The number of hydrogen-bond acceptors (Lipinski definition) is 4. The van der Waals surface area contributed by atoms with Gasteiger partial charge in [-0.05, 0) is 68.9 Å². The SMILES string of the molecule is C[C@H](C(=O)O)[C@@H](O)c1ccc2c(c1F)OC1(CC2)CCN([C@H](C)c2cc(C(F)(F)F)ccc2Cl)CC1. The molecular weight excluding hydrogens is 502 g/mol. The molecule has 0 radical (unpaired) electrons. The van der Waals surface area contributed by atoms with Crippen molar-refractivity contribution in [2.24, 2.45) is 5.92 Å². The fraction of sp³-hybridized carbons (Fsp3) is 0.500. The number of aliphatic hydroxyl groups is 1. The zero-order chi connectivity index (χ0) is 26.4. The van der Waals surface area contributed by atoms with E-state index in [1.807, 2.05) is 11.8 Å². The highest BCUT2D eigenvalue weighted by molar-refractivity contribution is 6.31. The van der Waals surface area contributed by atoms with E-state index in [-0.39, 0.29) is 22.4 Å². The summed E-state index contributed by atoms with van der Waals surface area (Å²) in [5.41, 5.74) is -0.465. The van der Waals surface area contributed by atoms with Crippen LogP contribution >= 0.6 is 11.6 Å². The molecule has 4 rings (SSSR count). The second-order valence-electron chi connectivity index (χ2n) is 9.76. The van der Waals surface area contributed by atoms with E-state index in [9.17, 15) is 28.2 Å². The topological polar surface area (TPSA) is 70.0 Å². The van der Waals surface area contributed by atoms with Crippen LogP contribution in [0.1, 0.15) is 67.5 Å². The van der Waals surface area contributed by atoms with Gasteiger partial charge >= 0.3 is 12.1 Å². The molecule has 2 aromatic carbocycles. The second kappa shape index (κ2) is 9.84. The van der Waals surface area contributed by atoms with Crippen LogP contribution in [0.5, 0.6) is 5.75 Å². The van der Waals surface area contributed by atoms with Gasteiger partial charge < -0.3 is 14.9 Å². The standard InChI is InChI=1S/C26H28ClF4NO4/c1-14(24(34)35)22(33)18-5-3-16-7-8-25(36-23(16)21(18)28)9-11-32(12-10-25)15(2)19-13-17(26(29,30)31)4-6-20(19)27/h3-6,13-15,22,33H,7-12H2,1-2H3,(H,34,35)/t14-,15+,22+/m0/s1. The van der Waals surface area contributed by atoms with Crippen molar-refractivity contribution in [3.63, 3.8) is 0 Å². The number of carboxylic acids is 1. The number of aliphatic carboxylic acids is 1. The van der Waals surface area contributed by atoms with Crippen LogP contribution in [0.25, 0.3) is 0 Å². The third-order valence-corrected chi connectivity index (χ3v) is 7.93. The number of carbonyl (C=O) groups is 1. The van der Waals surface area contributed by atoms with E-state index >= 15 is 4.39 Å². The largest absolute Gasteiger partial charge is 0.484 e. The van der Waals surface area contributed by atoms with E-state index in [2.05, 4.69) is 0 Å². The summed E-state index contributed by atoms with van der Waals surface area (Å²) in [4.78, 5) is 13.3. The van der Waals surface area contributed by atoms with Crippen molar-refractivity contribution in [3.8, 4) is 5.75 Å². The van der Waals surface area contributed by atoms with E-state index < -0.39 is 41.1 Å². The highest BCUT2D eigenvalue weighted by Gasteiger charge is 2.42. The van der Waals surface area contributed by atoms with Crippen molar-refractivity contribution >= 4 is 17.6 Å². The summed E-state index contributed by atoms with van der Waals surface area (Å²) in [5, 5.41) is 19.8. The Morgan fingerprint density at radius 1 is 1.11 bits per heavy atom. The van der Waals surface area contributed by atoms with Gasteiger partial charge in [0.25, 0.3) is 0 Å². The van der Waals surface area contributed by atoms with Crippen LogP contribution in [0, 0.1) is 11.7 Å². The molecule has 0 amide bonds. The molecule has 2 aromatic rings. The average Bonchev–Trinajstić information content (AvgIpc) is 2.83. The Bertz CT molecular complexity index is 1150. The van der Waals surface area contributed by atoms with Crippen molar-refractivity contribution in [3.05, 3.63) is 63.4 Å². The number of benzene rings is 2. The molecule has 1 spiro atoms. The van der Waals surface area contributed by atoms with Gasteiger partial charge in [-0.2, -0.15) is 13.2 Å². The van der Waals surface area contributed by atoms with Gasteiger partial charge in [0.1, 0.15) is 5.60 Å². The Morgan fingerprint density at radius 3 is 2.39 bits per heavy atom. The van der Waals surface area contributed by atoms with Crippen molar-refractivity contribution in [1.29, 1.82) is 0 Å². The molecule has 196 valence electrons. The first-order valence-electron chi connectivity index (χ1n) is 11.8. The lowest BCUT2D eigenvalue weighted by Gasteiger charge is -2.46. The van der Waals surface area contributed by atoms with E-state index in [1.165, 1.54) is 19.1 Å². The molecule has 2 aliphatic heterocycles. The Hall–Kier alpha value is -2.36. The minimum absolute atomic E-state index is 0.0396. The minimum atomic E-state index is -4.47. The molecule has 2 N–H and O–H groups in total. The molecule has 2 aliphatic rings. The van der Waals surface area contributed by atoms with Gasteiger partial charge in [-0.3, -0.25) is 9.69 Å². The highest BCUT2D eigenvalue weighted by atomic mass is 35.5. The Balaban J connectivity index is 1.50. The number of carboxylic acid groups (broad SMARTS) is 1. The lowest BCUT2D eigenvalue weighted by molar-refractivity contribution is -0.145. The third-order valence-electron chi connectivity index (χ3n) is 7.59. The zero-order valence-corrected chi connectivity index (χ0v) is 20.7. The van der Waals surface area contributed by atoms with E-state index in [4.69, 9.17) is 16.3 Å². The first-order valence-corrected chi connectivity index (χ1v) is 12.2. The first-order chi connectivity index (χ1) is 16.8. The maximum absolute atomic E-state index is 15.4. The third kappa shape index (κ3) is 5.06. The molecule has 5 nitrogen and oxygen atoms in total. The van der Waals surface area contributed by atoms with Gasteiger partial charge in [-0.15, -0.1) is 0 Å². The number of rotatable bonds is 5. The van der Waals surface area contributed by atoms with Crippen LogP contribution in [0.4, 0.5) is 17.6 Å². The number of ether oxygens (including phenoxy) is 1. The zero-order valence-electron chi connectivity index (χ0n) is 19.9. The van der Waals surface area contributed by atoms with Crippen molar-refractivity contribution in [2.75, 3.05) is 13.1 Å². The molecule has 0 bridgehead atoms. The van der Waals surface area contributed by atoms with Crippen molar-refractivity contribution in [2.45, 2.75) is 63.5 Å². The number of hydrogen-bond donors (Lipinski definition) is 2. The molecule has 10 heteroatoms. The molecule has 36 heavy (non-hydrogen) atoms. The van der Waals surface area contributed by atoms with Crippen LogP contribution in [0.2, 0.25) is 5.02 Å².